The topological polar surface area (TPSA) is 106 Å². The second-order valence-electron chi connectivity index (χ2n) is 5.12. The number of nitrogens with two attached hydrogens (primary N) is 1. The van der Waals surface area contributed by atoms with E-state index in [1.54, 1.807) is 7.11 Å². The van der Waals surface area contributed by atoms with Crippen LogP contribution in [0.1, 0.15) is 18.1 Å². The third-order valence-electron chi connectivity index (χ3n) is 3.11. The number of ether oxygens (including phenoxy) is 1. The molecule has 0 aliphatic carbocycles. The van der Waals surface area contributed by atoms with E-state index in [-0.39, 0.29) is 12.3 Å². The fraction of sp³-hybridized carbons (Fsp3) is 0.533. The molecule has 0 aliphatic rings. The molecule has 0 atom stereocenters. The van der Waals surface area contributed by atoms with Crippen LogP contribution in [0.5, 0.6) is 5.75 Å². The summed E-state index contributed by atoms with van der Waals surface area (Å²) in [7, 11) is -1.84. The average Bonchev–Trinajstić information content (AvgIpc) is 2.46. The van der Waals surface area contributed by atoms with Gasteiger partial charge in [-0.3, -0.25) is 4.99 Å². The quantitative estimate of drug-likeness (QED) is 0.468. The summed E-state index contributed by atoms with van der Waals surface area (Å²) in [5, 5.41) is 11.2. The van der Waals surface area contributed by atoms with Crippen LogP contribution in [0.2, 0.25) is 0 Å². The first-order valence-electron chi connectivity index (χ1n) is 7.52. The van der Waals surface area contributed by atoms with E-state index < -0.39 is 10.0 Å². The van der Waals surface area contributed by atoms with E-state index in [2.05, 4.69) is 21.7 Å². The number of hydrogen-bond acceptors (Lipinski definition) is 4. The van der Waals surface area contributed by atoms with Crippen molar-refractivity contribution >= 4 is 16.0 Å². The predicted molar refractivity (Wildman–Crippen MR) is 93.4 cm³/mol. The number of guanidine groups is 1. The Morgan fingerprint density at radius 2 is 2.09 bits per heavy atom. The van der Waals surface area contributed by atoms with Crippen molar-refractivity contribution in [2.75, 3.05) is 32.5 Å². The summed E-state index contributed by atoms with van der Waals surface area (Å²) in [6.45, 7) is 5.45. The Labute approximate surface area is 138 Å². The zero-order valence-electron chi connectivity index (χ0n) is 13.9. The number of methoxy groups -OCH3 is 1. The maximum atomic E-state index is 10.9. The van der Waals surface area contributed by atoms with E-state index in [1.807, 2.05) is 26.0 Å². The summed E-state index contributed by atoms with van der Waals surface area (Å²) in [6, 6.07) is 6.05. The van der Waals surface area contributed by atoms with Crippen LogP contribution >= 0.6 is 0 Å². The first kappa shape index (κ1) is 19.2. The van der Waals surface area contributed by atoms with Gasteiger partial charge < -0.3 is 15.4 Å². The molecule has 4 N–H and O–H groups in total. The zero-order valence-corrected chi connectivity index (χ0v) is 14.7. The van der Waals surface area contributed by atoms with Crippen molar-refractivity contribution in [3.05, 3.63) is 29.3 Å². The fourth-order valence-electron chi connectivity index (χ4n) is 2.04. The first-order chi connectivity index (χ1) is 10.9. The molecule has 0 saturated carbocycles. The minimum Gasteiger partial charge on any atom is -0.496 e. The van der Waals surface area contributed by atoms with Crippen LogP contribution in [-0.4, -0.2) is 46.9 Å². The number of rotatable bonds is 8. The highest BCUT2D eigenvalue weighted by Crippen LogP contribution is 2.19. The third kappa shape index (κ3) is 7.85. The van der Waals surface area contributed by atoms with E-state index >= 15 is 0 Å². The van der Waals surface area contributed by atoms with E-state index in [0.29, 0.717) is 19.0 Å². The number of sulfonamides is 1. The van der Waals surface area contributed by atoms with Gasteiger partial charge in [0.15, 0.2) is 5.96 Å². The van der Waals surface area contributed by atoms with Crippen LogP contribution in [0.25, 0.3) is 0 Å². The summed E-state index contributed by atoms with van der Waals surface area (Å²) in [5.74, 6) is 1.26. The van der Waals surface area contributed by atoms with Gasteiger partial charge in [-0.25, -0.2) is 13.6 Å². The van der Waals surface area contributed by atoms with Gasteiger partial charge >= 0.3 is 0 Å². The minimum absolute atomic E-state index is 0.127. The monoisotopic (exact) mass is 342 g/mol. The summed E-state index contributed by atoms with van der Waals surface area (Å²) in [4.78, 5) is 4.19. The molecule has 0 aliphatic heterocycles. The molecule has 8 heteroatoms. The summed E-state index contributed by atoms with van der Waals surface area (Å²) < 4.78 is 27.2. The number of nitrogens with zero attached hydrogens (tertiary/aromatic N) is 1. The first-order valence-corrected chi connectivity index (χ1v) is 9.23. The van der Waals surface area contributed by atoms with Crippen LogP contribution < -0.4 is 20.5 Å². The fourth-order valence-corrected chi connectivity index (χ4v) is 2.39. The molecule has 0 heterocycles. The van der Waals surface area contributed by atoms with Crippen molar-refractivity contribution in [3.8, 4) is 5.75 Å². The molecule has 0 spiro atoms. The van der Waals surface area contributed by atoms with E-state index in [9.17, 15) is 8.42 Å². The molecule has 0 fully saturated rings. The van der Waals surface area contributed by atoms with Gasteiger partial charge in [0.2, 0.25) is 10.0 Å². The number of primary sulfonamides is 1. The highest BCUT2D eigenvalue weighted by molar-refractivity contribution is 7.89. The van der Waals surface area contributed by atoms with Crippen LogP contribution in [0.15, 0.2) is 23.2 Å². The zero-order chi connectivity index (χ0) is 17.3. The highest BCUT2D eigenvalue weighted by Gasteiger charge is 2.05. The van der Waals surface area contributed by atoms with Gasteiger partial charge in [-0.15, -0.1) is 0 Å². The predicted octanol–water partition coefficient (Wildman–Crippen LogP) is 0.390. The lowest BCUT2D eigenvalue weighted by molar-refractivity contribution is 0.409. The molecule has 1 rings (SSSR count). The Hall–Kier alpha value is -1.80. The second-order valence-corrected chi connectivity index (χ2v) is 6.85. The largest absolute Gasteiger partial charge is 0.496 e. The lowest BCUT2D eigenvalue weighted by atomic mass is 10.1. The molecule has 0 aromatic heterocycles. The normalized spacial score (nSPS) is 12.1. The Morgan fingerprint density at radius 1 is 1.35 bits per heavy atom. The van der Waals surface area contributed by atoms with Crippen LogP contribution in [0.3, 0.4) is 0 Å². The maximum Gasteiger partial charge on any atom is 0.210 e. The lowest BCUT2D eigenvalue weighted by Crippen LogP contribution is -2.38. The van der Waals surface area contributed by atoms with Gasteiger partial charge in [-0.2, -0.15) is 0 Å². The van der Waals surface area contributed by atoms with E-state index in [4.69, 9.17) is 9.88 Å². The highest BCUT2D eigenvalue weighted by atomic mass is 32.2. The molecule has 1 aromatic rings. The summed E-state index contributed by atoms with van der Waals surface area (Å²) >= 11 is 0. The van der Waals surface area contributed by atoms with Gasteiger partial charge in [0.1, 0.15) is 5.75 Å². The van der Waals surface area contributed by atoms with Gasteiger partial charge in [-0.1, -0.05) is 17.7 Å². The van der Waals surface area contributed by atoms with Crippen molar-refractivity contribution in [1.82, 2.24) is 10.6 Å². The smallest absolute Gasteiger partial charge is 0.210 e. The van der Waals surface area contributed by atoms with Crippen molar-refractivity contribution in [2.45, 2.75) is 20.3 Å². The maximum absolute atomic E-state index is 10.9. The molecule has 7 nitrogen and oxygen atoms in total. The Kier molecular flexibility index (Phi) is 7.84. The molecule has 0 unspecified atom stereocenters. The number of nitrogens with one attached hydrogen (secondary N) is 2. The van der Waals surface area contributed by atoms with Crippen molar-refractivity contribution in [1.29, 1.82) is 0 Å². The molecule has 1 aromatic carbocycles. The number of hydrogen-bond donors (Lipinski definition) is 3. The summed E-state index contributed by atoms with van der Waals surface area (Å²) in [5.41, 5.74) is 2.29. The van der Waals surface area contributed by atoms with Crippen molar-refractivity contribution in [2.24, 2.45) is 10.1 Å². The molecular formula is C15H26N4O3S. The van der Waals surface area contributed by atoms with Crippen LogP contribution in [-0.2, 0) is 16.4 Å². The molecule has 0 radical (unpaired) electrons. The second kappa shape index (κ2) is 9.36. The molecule has 130 valence electrons. The van der Waals surface area contributed by atoms with Crippen molar-refractivity contribution in [3.63, 3.8) is 0 Å². The van der Waals surface area contributed by atoms with E-state index in [0.717, 1.165) is 17.7 Å². The van der Waals surface area contributed by atoms with Gasteiger partial charge in [0.25, 0.3) is 0 Å². The standard InChI is InChI=1S/C15H26N4O3S/c1-4-17-15(19-9-10-23(16,20)21)18-8-7-13-11-12(2)5-6-14(13)22-3/h5-6,11H,4,7-10H2,1-3H3,(H2,16,20,21)(H2,17,18,19). The average molecular weight is 342 g/mol. The molecule has 23 heavy (non-hydrogen) atoms. The number of aryl methyl sites for hydroxylation is 1. The number of benzene rings is 1. The van der Waals surface area contributed by atoms with Crippen LogP contribution in [0, 0.1) is 6.92 Å². The lowest BCUT2D eigenvalue weighted by Gasteiger charge is -2.13. The molecule has 0 saturated heterocycles. The van der Waals surface area contributed by atoms with E-state index in [1.165, 1.54) is 5.56 Å². The molecular weight excluding hydrogens is 316 g/mol. The Balaban J connectivity index is 2.59. The molecule has 0 bridgehead atoms. The third-order valence-corrected chi connectivity index (χ3v) is 3.86. The number of aliphatic imine (C=N–C) groups is 1. The minimum atomic E-state index is -3.49. The Bertz CT molecular complexity index is 630. The summed E-state index contributed by atoms with van der Waals surface area (Å²) in [6.07, 6.45) is 0.768. The van der Waals surface area contributed by atoms with Crippen LogP contribution in [0.4, 0.5) is 0 Å². The SMILES string of the molecule is CCNC(=NCCS(N)(=O)=O)NCCc1cc(C)ccc1OC. The van der Waals surface area contributed by atoms with Gasteiger partial charge in [-0.05, 0) is 31.9 Å². The Morgan fingerprint density at radius 3 is 2.70 bits per heavy atom. The molecule has 0 amide bonds. The van der Waals surface area contributed by atoms with Gasteiger partial charge in [0.05, 0.1) is 19.4 Å². The van der Waals surface area contributed by atoms with Gasteiger partial charge in [0, 0.05) is 13.1 Å². The van der Waals surface area contributed by atoms with Crippen molar-refractivity contribution < 1.29 is 13.2 Å².